The minimum atomic E-state index is -0.595. The van der Waals surface area contributed by atoms with E-state index in [1.807, 2.05) is 38.1 Å². The minimum absolute atomic E-state index is 0.264. The Hall–Kier alpha value is -0.970. The monoisotopic (exact) mass is 282 g/mol. The van der Waals surface area contributed by atoms with Gasteiger partial charge in [-0.05, 0) is 29.1 Å². The molecule has 96 valence electrons. The number of rotatable bonds is 4. The van der Waals surface area contributed by atoms with Gasteiger partial charge in [0.1, 0.15) is 0 Å². The summed E-state index contributed by atoms with van der Waals surface area (Å²) < 4.78 is 3.93. The second-order valence-electron chi connectivity index (χ2n) is 4.49. The molecule has 1 heterocycles. The van der Waals surface area contributed by atoms with Crippen molar-refractivity contribution in [3.63, 3.8) is 0 Å². The number of hydrogen-bond donors (Lipinski definition) is 1. The zero-order valence-electron chi connectivity index (χ0n) is 10.3. The summed E-state index contributed by atoms with van der Waals surface area (Å²) in [4.78, 5) is 0.838. The van der Waals surface area contributed by atoms with Gasteiger partial charge in [0.25, 0.3) is 0 Å². The molecule has 1 aromatic heterocycles. The van der Waals surface area contributed by atoms with E-state index < -0.39 is 6.10 Å². The van der Waals surface area contributed by atoms with Crippen LogP contribution in [-0.4, -0.2) is 14.7 Å². The molecule has 0 saturated carbocycles. The van der Waals surface area contributed by atoms with E-state index in [-0.39, 0.29) is 5.92 Å². The van der Waals surface area contributed by atoms with Gasteiger partial charge in [0.05, 0.1) is 16.7 Å². The van der Waals surface area contributed by atoms with Crippen molar-refractivity contribution in [1.29, 1.82) is 0 Å². The van der Waals surface area contributed by atoms with E-state index in [0.29, 0.717) is 11.4 Å². The molecule has 5 heteroatoms. The van der Waals surface area contributed by atoms with E-state index >= 15 is 0 Å². The molecule has 1 atom stereocenters. The number of halogens is 1. The molecule has 0 amide bonds. The van der Waals surface area contributed by atoms with Crippen LogP contribution < -0.4 is 0 Å². The molecule has 0 aliphatic rings. The number of nitrogens with zero attached hydrogens (tertiary/aromatic N) is 2. The molecule has 2 aromatic rings. The van der Waals surface area contributed by atoms with Gasteiger partial charge in [-0.1, -0.05) is 48.1 Å². The number of benzene rings is 1. The van der Waals surface area contributed by atoms with E-state index in [1.165, 1.54) is 11.5 Å². The summed E-state index contributed by atoms with van der Waals surface area (Å²) in [6, 6.07) is 7.56. The fourth-order valence-corrected chi connectivity index (χ4v) is 2.81. The Labute approximate surface area is 116 Å². The zero-order valence-corrected chi connectivity index (χ0v) is 11.9. The van der Waals surface area contributed by atoms with Gasteiger partial charge in [0.2, 0.25) is 0 Å². The Kier molecular flexibility index (Phi) is 4.32. The summed E-state index contributed by atoms with van der Waals surface area (Å²) in [5.74, 6) is 0.264. The molecule has 0 fully saturated rings. The summed E-state index contributed by atoms with van der Waals surface area (Å²) in [5, 5.41) is 15.0. The van der Waals surface area contributed by atoms with E-state index in [9.17, 15) is 5.11 Å². The molecule has 1 unspecified atom stereocenters. The Morgan fingerprint density at radius 1 is 1.33 bits per heavy atom. The van der Waals surface area contributed by atoms with Gasteiger partial charge < -0.3 is 5.11 Å². The maximum absolute atomic E-state index is 10.3. The average molecular weight is 283 g/mol. The Bertz CT molecular complexity index is 527. The summed E-state index contributed by atoms with van der Waals surface area (Å²) in [6.07, 6.45) is -0.106. The van der Waals surface area contributed by atoms with Crippen LogP contribution in [0.2, 0.25) is 5.02 Å². The smallest absolute Gasteiger partial charge is 0.0957 e. The molecule has 3 nitrogen and oxygen atoms in total. The van der Waals surface area contributed by atoms with Gasteiger partial charge >= 0.3 is 0 Å². The van der Waals surface area contributed by atoms with E-state index in [1.54, 1.807) is 0 Å². The van der Waals surface area contributed by atoms with Crippen LogP contribution in [0, 0.1) is 0 Å². The first-order valence-corrected chi connectivity index (χ1v) is 6.98. The maximum atomic E-state index is 10.3. The normalized spacial score (nSPS) is 12.9. The highest BCUT2D eigenvalue weighted by molar-refractivity contribution is 7.05. The van der Waals surface area contributed by atoms with Gasteiger partial charge in [-0.3, -0.25) is 0 Å². The molecule has 1 N–H and O–H groups in total. The van der Waals surface area contributed by atoms with Crippen LogP contribution in [0.15, 0.2) is 24.3 Å². The fourth-order valence-electron chi connectivity index (χ4n) is 1.80. The third kappa shape index (κ3) is 2.88. The predicted octanol–water partition coefficient (Wildman–Crippen LogP) is 3.59. The first-order valence-electron chi connectivity index (χ1n) is 5.83. The number of aliphatic hydroxyl groups is 1. The lowest BCUT2D eigenvalue weighted by molar-refractivity contribution is 0.180. The van der Waals surface area contributed by atoms with Crippen LogP contribution in [-0.2, 0) is 6.42 Å². The molecule has 2 rings (SSSR count). The largest absolute Gasteiger partial charge is 0.387 e. The summed E-state index contributed by atoms with van der Waals surface area (Å²) in [6.45, 7) is 4.09. The van der Waals surface area contributed by atoms with Crippen molar-refractivity contribution >= 4 is 23.1 Å². The van der Waals surface area contributed by atoms with Gasteiger partial charge in [-0.15, -0.1) is 5.10 Å². The zero-order chi connectivity index (χ0) is 13.1. The maximum Gasteiger partial charge on any atom is 0.0957 e. The van der Waals surface area contributed by atoms with Crippen molar-refractivity contribution in [2.45, 2.75) is 32.3 Å². The van der Waals surface area contributed by atoms with E-state index in [2.05, 4.69) is 9.59 Å². The second kappa shape index (κ2) is 5.78. The van der Waals surface area contributed by atoms with Crippen molar-refractivity contribution in [2.24, 2.45) is 0 Å². The summed E-state index contributed by atoms with van der Waals surface area (Å²) >= 11 is 7.35. The summed E-state index contributed by atoms with van der Waals surface area (Å²) in [5.41, 5.74) is 1.81. The number of hydrogen-bond acceptors (Lipinski definition) is 4. The highest BCUT2D eigenvalue weighted by Gasteiger charge is 2.20. The number of aliphatic hydroxyl groups excluding tert-OH is 1. The Morgan fingerprint density at radius 3 is 2.72 bits per heavy atom. The highest BCUT2D eigenvalue weighted by atomic mass is 35.5. The van der Waals surface area contributed by atoms with Crippen LogP contribution in [0.4, 0.5) is 0 Å². The quantitative estimate of drug-likeness (QED) is 0.932. The fraction of sp³-hybridized carbons (Fsp3) is 0.385. The van der Waals surface area contributed by atoms with Gasteiger partial charge in [-0.25, -0.2) is 0 Å². The molecule has 0 bridgehead atoms. The topological polar surface area (TPSA) is 46.0 Å². The van der Waals surface area contributed by atoms with Gasteiger partial charge in [-0.2, -0.15) is 0 Å². The lowest BCUT2D eigenvalue weighted by atomic mass is 10.0. The van der Waals surface area contributed by atoms with E-state index in [4.69, 9.17) is 11.6 Å². The van der Waals surface area contributed by atoms with Crippen molar-refractivity contribution in [1.82, 2.24) is 9.59 Å². The molecule has 18 heavy (non-hydrogen) atoms. The van der Waals surface area contributed by atoms with E-state index in [0.717, 1.165) is 16.1 Å². The lowest BCUT2D eigenvalue weighted by Gasteiger charge is -2.12. The van der Waals surface area contributed by atoms with Crippen LogP contribution >= 0.6 is 23.1 Å². The van der Waals surface area contributed by atoms with Crippen molar-refractivity contribution < 1.29 is 5.11 Å². The molecular weight excluding hydrogens is 268 g/mol. The van der Waals surface area contributed by atoms with Crippen molar-refractivity contribution in [2.75, 3.05) is 0 Å². The number of aromatic nitrogens is 2. The SMILES string of the molecule is CC(C)c1nnsc1C(O)Cc1ccccc1Cl. The Balaban J connectivity index is 2.20. The lowest BCUT2D eigenvalue weighted by Crippen LogP contribution is -2.04. The first-order chi connectivity index (χ1) is 8.59. The van der Waals surface area contributed by atoms with Crippen molar-refractivity contribution in [3.8, 4) is 0 Å². The summed E-state index contributed by atoms with van der Waals surface area (Å²) in [7, 11) is 0. The third-order valence-electron chi connectivity index (χ3n) is 2.76. The minimum Gasteiger partial charge on any atom is -0.387 e. The van der Waals surface area contributed by atoms with Crippen LogP contribution in [0.3, 0.4) is 0 Å². The standard InChI is InChI=1S/C13H15ClN2OS/c1-8(2)12-13(18-16-15-12)11(17)7-9-5-3-4-6-10(9)14/h3-6,8,11,17H,7H2,1-2H3. The third-order valence-corrected chi connectivity index (χ3v) is 3.97. The molecule has 0 aliphatic heterocycles. The van der Waals surface area contributed by atoms with Crippen LogP contribution in [0.5, 0.6) is 0 Å². The van der Waals surface area contributed by atoms with Crippen LogP contribution in [0.1, 0.15) is 42.0 Å². The molecule has 0 spiro atoms. The predicted molar refractivity (Wildman–Crippen MR) is 74.1 cm³/mol. The van der Waals surface area contributed by atoms with Gasteiger partial charge in [0, 0.05) is 11.4 Å². The molecule has 0 aliphatic carbocycles. The van der Waals surface area contributed by atoms with Gasteiger partial charge in [0.15, 0.2) is 0 Å². The Morgan fingerprint density at radius 2 is 2.06 bits per heavy atom. The van der Waals surface area contributed by atoms with Crippen molar-refractivity contribution in [3.05, 3.63) is 45.4 Å². The molecule has 1 aromatic carbocycles. The molecule has 0 saturated heterocycles. The molecule has 0 radical (unpaired) electrons. The van der Waals surface area contributed by atoms with Crippen LogP contribution in [0.25, 0.3) is 0 Å². The molecular formula is C13H15ClN2OS. The highest BCUT2D eigenvalue weighted by Crippen LogP contribution is 2.30. The second-order valence-corrected chi connectivity index (χ2v) is 5.68. The first kappa shape index (κ1) is 13.5. The average Bonchev–Trinajstić information content (AvgIpc) is 2.81.